The average molecular weight is 367 g/mol. The lowest BCUT2D eigenvalue weighted by Crippen LogP contribution is -2.31. The lowest BCUT2D eigenvalue weighted by atomic mass is 9.97. The second kappa shape index (κ2) is 8.34. The maximum Gasteiger partial charge on any atom is 0.336 e. The molecule has 0 aliphatic heterocycles. The van der Waals surface area contributed by atoms with Crippen LogP contribution in [0.1, 0.15) is 13.8 Å². The van der Waals surface area contributed by atoms with Gasteiger partial charge >= 0.3 is 11.6 Å². The van der Waals surface area contributed by atoms with Crippen LogP contribution in [0.15, 0.2) is 44.7 Å². The van der Waals surface area contributed by atoms with Crippen molar-refractivity contribution >= 4 is 38.5 Å². The number of nitroso groups, excluding NO2 is 1. The quantitative estimate of drug-likeness (QED) is 0.175. The second-order valence-electron chi connectivity index (χ2n) is 5.66. The van der Waals surface area contributed by atoms with Gasteiger partial charge in [0.05, 0.1) is 12.0 Å². The van der Waals surface area contributed by atoms with E-state index < -0.39 is 11.0 Å². The SMILES string of the molecule is CC(C)(CSSCCN=O)C(=O)Oc1ccc2ccc(=O)oc2c1. The summed E-state index contributed by atoms with van der Waals surface area (Å²) in [6, 6.07) is 7.91. The third kappa shape index (κ3) is 5.10. The zero-order valence-corrected chi connectivity index (χ0v) is 14.9. The maximum atomic E-state index is 12.4. The smallest absolute Gasteiger partial charge is 0.336 e. The summed E-state index contributed by atoms with van der Waals surface area (Å²) in [6.45, 7) is 3.84. The Morgan fingerprint density at radius 3 is 2.75 bits per heavy atom. The van der Waals surface area contributed by atoms with Crippen molar-refractivity contribution in [1.82, 2.24) is 0 Å². The van der Waals surface area contributed by atoms with Gasteiger partial charge in [0.2, 0.25) is 0 Å². The molecule has 0 N–H and O–H groups in total. The lowest BCUT2D eigenvalue weighted by molar-refractivity contribution is -0.142. The minimum Gasteiger partial charge on any atom is -0.426 e. The standard InChI is InChI=1S/C16H17NO5S2/c1-16(2,10-24-23-8-7-17-20)15(19)21-12-5-3-11-4-6-14(18)22-13(11)9-12/h3-6,9H,7-8,10H2,1-2H3. The molecule has 0 saturated carbocycles. The summed E-state index contributed by atoms with van der Waals surface area (Å²) in [4.78, 5) is 33.6. The molecular weight excluding hydrogens is 350 g/mol. The van der Waals surface area contributed by atoms with Crippen molar-refractivity contribution in [1.29, 1.82) is 0 Å². The Hall–Kier alpha value is -1.80. The molecule has 0 radical (unpaired) electrons. The zero-order chi connectivity index (χ0) is 17.6. The van der Waals surface area contributed by atoms with Crippen molar-refractivity contribution in [3.8, 4) is 5.75 Å². The molecular formula is C16H17NO5S2. The number of carbonyl (C=O) groups excluding carboxylic acids is 1. The van der Waals surface area contributed by atoms with E-state index in [9.17, 15) is 14.5 Å². The number of carbonyl (C=O) groups is 1. The Morgan fingerprint density at radius 1 is 1.25 bits per heavy atom. The van der Waals surface area contributed by atoms with Crippen LogP contribution in [0.3, 0.4) is 0 Å². The fraction of sp³-hybridized carbons (Fsp3) is 0.375. The van der Waals surface area contributed by atoms with Gasteiger partial charge in [-0.25, -0.2) is 4.79 Å². The number of benzene rings is 1. The Labute approximate surface area is 146 Å². The molecule has 24 heavy (non-hydrogen) atoms. The maximum absolute atomic E-state index is 12.4. The average Bonchev–Trinajstić information content (AvgIpc) is 2.54. The summed E-state index contributed by atoms with van der Waals surface area (Å²) in [7, 11) is 3.00. The molecule has 2 aromatic rings. The van der Waals surface area contributed by atoms with Crippen LogP contribution in [0.25, 0.3) is 11.0 Å². The summed E-state index contributed by atoms with van der Waals surface area (Å²) < 4.78 is 10.5. The van der Waals surface area contributed by atoms with Crippen LogP contribution in [-0.2, 0) is 4.79 Å². The second-order valence-corrected chi connectivity index (χ2v) is 8.25. The van der Waals surface area contributed by atoms with Crippen molar-refractivity contribution in [3.05, 3.63) is 45.7 Å². The van der Waals surface area contributed by atoms with Crippen molar-refractivity contribution < 1.29 is 13.9 Å². The lowest BCUT2D eigenvalue weighted by Gasteiger charge is -2.21. The topological polar surface area (TPSA) is 85.9 Å². The zero-order valence-electron chi connectivity index (χ0n) is 13.3. The fourth-order valence-electron chi connectivity index (χ4n) is 1.73. The first-order valence-corrected chi connectivity index (χ1v) is 9.71. The van der Waals surface area contributed by atoms with Gasteiger partial charge in [0, 0.05) is 29.0 Å². The molecule has 1 heterocycles. The van der Waals surface area contributed by atoms with Gasteiger partial charge < -0.3 is 9.15 Å². The number of hydrogen-bond acceptors (Lipinski definition) is 8. The number of hydrogen-bond donors (Lipinski definition) is 0. The Kier molecular flexibility index (Phi) is 6.44. The molecule has 0 aliphatic rings. The highest BCUT2D eigenvalue weighted by Gasteiger charge is 2.30. The van der Waals surface area contributed by atoms with Crippen LogP contribution in [0, 0.1) is 10.3 Å². The molecule has 1 aromatic carbocycles. The van der Waals surface area contributed by atoms with E-state index >= 15 is 0 Å². The molecule has 0 fully saturated rings. The molecule has 6 nitrogen and oxygen atoms in total. The van der Waals surface area contributed by atoms with E-state index in [0.29, 0.717) is 22.8 Å². The number of esters is 1. The third-order valence-corrected chi connectivity index (χ3v) is 5.84. The van der Waals surface area contributed by atoms with Crippen LogP contribution < -0.4 is 10.4 Å². The predicted octanol–water partition coefficient (Wildman–Crippen LogP) is 3.87. The summed E-state index contributed by atoms with van der Waals surface area (Å²) in [5.74, 6) is 1.11. The van der Waals surface area contributed by atoms with E-state index in [1.165, 1.54) is 33.7 Å². The minimum absolute atomic E-state index is 0.255. The molecule has 8 heteroatoms. The van der Waals surface area contributed by atoms with Gasteiger partial charge in [-0.3, -0.25) is 4.79 Å². The molecule has 0 bridgehead atoms. The molecule has 0 saturated heterocycles. The first kappa shape index (κ1) is 18.5. The van der Waals surface area contributed by atoms with E-state index in [0.717, 1.165) is 5.39 Å². The minimum atomic E-state index is -0.696. The molecule has 128 valence electrons. The van der Waals surface area contributed by atoms with E-state index in [1.54, 1.807) is 32.0 Å². The normalized spacial score (nSPS) is 11.4. The molecule has 1 aromatic heterocycles. The summed E-state index contributed by atoms with van der Waals surface area (Å²) in [5.41, 5.74) is -0.778. The van der Waals surface area contributed by atoms with Crippen LogP contribution in [0.5, 0.6) is 5.75 Å². The van der Waals surface area contributed by atoms with Crippen molar-refractivity contribution in [2.24, 2.45) is 10.6 Å². The van der Waals surface area contributed by atoms with Gasteiger partial charge in [-0.15, -0.1) is 0 Å². The number of nitrogens with zero attached hydrogens (tertiary/aromatic N) is 1. The highest BCUT2D eigenvalue weighted by Crippen LogP contribution is 2.31. The summed E-state index contributed by atoms with van der Waals surface area (Å²) in [6.07, 6.45) is 0. The molecule has 0 spiro atoms. The van der Waals surface area contributed by atoms with Crippen LogP contribution in [-0.4, -0.2) is 24.0 Å². The van der Waals surface area contributed by atoms with Crippen LogP contribution in [0.2, 0.25) is 0 Å². The Bertz CT molecular complexity index is 787. The highest BCUT2D eigenvalue weighted by molar-refractivity contribution is 8.76. The van der Waals surface area contributed by atoms with E-state index in [-0.39, 0.29) is 12.5 Å². The third-order valence-electron chi connectivity index (χ3n) is 3.13. The number of ether oxygens (including phenoxy) is 1. The van der Waals surface area contributed by atoms with Gasteiger partial charge in [0.25, 0.3) is 0 Å². The van der Waals surface area contributed by atoms with Crippen molar-refractivity contribution in [3.63, 3.8) is 0 Å². The van der Waals surface area contributed by atoms with Gasteiger partial charge in [0.1, 0.15) is 11.3 Å². The first-order valence-electron chi connectivity index (χ1n) is 7.22. The van der Waals surface area contributed by atoms with Crippen LogP contribution in [0.4, 0.5) is 0 Å². The van der Waals surface area contributed by atoms with E-state index in [2.05, 4.69) is 5.18 Å². The number of rotatable bonds is 8. The molecule has 0 aliphatic carbocycles. The van der Waals surface area contributed by atoms with Gasteiger partial charge in [0.15, 0.2) is 0 Å². The Balaban J connectivity index is 1.99. The summed E-state index contributed by atoms with van der Waals surface area (Å²) in [5, 5.41) is 3.54. The van der Waals surface area contributed by atoms with Crippen molar-refractivity contribution in [2.75, 3.05) is 18.1 Å². The highest BCUT2D eigenvalue weighted by atomic mass is 33.1. The van der Waals surface area contributed by atoms with Gasteiger partial charge in [-0.2, -0.15) is 4.91 Å². The largest absolute Gasteiger partial charge is 0.426 e. The van der Waals surface area contributed by atoms with E-state index in [4.69, 9.17) is 9.15 Å². The Morgan fingerprint density at radius 2 is 2.00 bits per heavy atom. The van der Waals surface area contributed by atoms with Gasteiger partial charge in [-0.1, -0.05) is 26.8 Å². The molecule has 0 atom stereocenters. The van der Waals surface area contributed by atoms with Gasteiger partial charge in [-0.05, 0) is 32.0 Å². The molecule has 0 amide bonds. The monoisotopic (exact) mass is 367 g/mol. The van der Waals surface area contributed by atoms with Crippen LogP contribution >= 0.6 is 21.6 Å². The molecule has 0 unspecified atom stereocenters. The predicted molar refractivity (Wildman–Crippen MR) is 97.5 cm³/mol. The molecule has 2 rings (SSSR count). The van der Waals surface area contributed by atoms with Crippen molar-refractivity contribution in [2.45, 2.75) is 13.8 Å². The fourth-order valence-corrected chi connectivity index (χ4v) is 4.20. The number of fused-ring (bicyclic) bond motifs is 1. The summed E-state index contributed by atoms with van der Waals surface area (Å²) >= 11 is 0. The first-order chi connectivity index (χ1) is 11.4. The van der Waals surface area contributed by atoms with E-state index in [1.807, 2.05) is 0 Å².